The molecule has 1 atom stereocenters. The van der Waals surface area contributed by atoms with Crippen LogP contribution in [0, 0.1) is 0 Å². The van der Waals surface area contributed by atoms with Gasteiger partial charge in [0.1, 0.15) is 0 Å². The van der Waals surface area contributed by atoms with Crippen LogP contribution in [0.15, 0.2) is 0 Å². The molecule has 0 radical (unpaired) electrons. The van der Waals surface area contributed by atoms with Crippen molar-refractivity contribution in [2.45, 2.75) is 51.2 Å². The summed E-state index contributed by atoms with van der Waals surface area (Å²) in [7, 11) is 0. The maximum atomic E-state index is 12.3. The molecule has 0 aromatic carbocycles. The molecule has 0 bridgehead atoms. The minimum atomic E-state index is -0.798. The van der Waals surface area contributed by atoms with Gasteiger partial charge in [-0.1, -0.05) is 13.8 Å². The van der Waals surface area contributed by atoms with Crippen molar-refractivity contribution in [2.75, 3.05) is 32.8 Å². The number of rotatable bonds is 6. The maximum absolute atomic E-state index is 12.3. The number of hydrogen-bond acceptors (Lipinski definition) is 4. The van der Waals surface area contributed by atoms with E-state index in [2.05, 4.69) is 12.2 Å². The second-order valence-electron chi connectivity index (χ2n) is 6.06. The molecule has 1 saturated carbocycles. The molecule has 1 saturated heterocycles. The van der Waals surface area contributed by atoms with Crippen molar-refractivity contribution in [3.05, 3.63) is 0 Å². The van der Waals surface area contributed by atoms with E-state index in [9.17, 15) is 9.59 Å². The van der Waals surface area contributed by atoms with Crippen molar-refractivity contribution in [1.82, 2.24) is 15.1 Å². The summed E-state index contributed by atoms with van der Waals surface area (Å²) in [5.41, 5.74) is 0. The van der Waals surface area contributed by atoms with Crippen LogP contribution in [0.1, 0.15) is 33.1 Å². The lowest BCUT2D eigenvalue weighted by Gasteiger charge is -2.43. The largest absolute Gasteiger partial charge is 0.480 e. The predicted octanol–water partition coefficient (Wildman–Crippen LogP) is 0.744. The number of carboxylic acid groups (broad SMARTS) is 1. The first-order chi connectivity index (χ1) is 10.5. The van der Waals surface area contributed by atoms with Crippen LogP contribution in [0.4, 0.5) is 4.79 Å². The molecule has 22 heavy (non-hydrogen) atoms. The minimum absolute atomic E-state index is 0.0140. The van der Waals surface area contributed by atoms with Crippen LogP contribution in [0.25, 0.3) is 0 Å². The number of urea groups is 1. The highest BCUT2D eigenvalue weighted by Crippen LogP contribution is 2.26. The molecule has 0 aromatic rings. The number of nitrogens with zero attached hydrogens (tertiary/aromatic N) is 2. The number of morpholine rings is 1. The van der Waals surface area contributed by atoms with Gasteiger partial charge in [-0.05, 0) is 25.8 Å². The quantitative estimate of drug-likeness (QED) is 0.756. The number of carbonyl (C=O) groups excluding carboxylic acids is 1. The van der Waals surface area contributed by atoms with Crippen LogP contribution in [0.5, 0.6) is 0 Å². The third-order valence-corrected chi connectivity index (χ3v) is 4.66. The number of likely N-dealkylation sites (N-methyl/N-ethyl adjacent to an activating group) is 1. The van der Waals surface area contributed by atoms with Crippen molar-refractivity contribution in [3.8, 4) is 0 Å². The Morgan fingerprint density at radius 2 is 2.09 bits per heavy atom. The smallest absolute Gasteiger partial charge is 0.318 e. The van der Waals surface area contributed by atoms with E-state index in [-0.39, 0.29) is 30.7 Å². The van der Waals surface area contributed by atoms with Crippen LogP contribution in [-0.4, -0.2) is 77.9 Å². The van der Waals surface area contributed by atoms with Gasteiger partial charge in [0.05, 0.1) is 25.8 Å². The number of aliphatic carboxylic acids is 1. The van der Waals surface area contributed by atoms with Gasteiger partial charge in [-0.2, -0.15) is 0 Å². The molecule has 2 amide bonds. The number of carboxylic acids is 1. The Bertz CT molecular complexity index is 398. The number of amides is 2. The average Bonchev–Trinajstić information content (AvgIpc) is 2.48. The van der Waals surface area contributed by atoms with Gasteiger partial charge in [0.15, 0.2) is 0 Å². The highest BCUT2D eigenvalue weighted by molar-refractivity contribution is 5.75. The van der Waals surface area contributed by atoms with Gasteiger partial charge >= 0.3 is 12.0 Å². The summed E-state index contributed by atoms with van der Waals surface area (Å²) in [5.74, 6) is -0.798. The lowest BCUT2D eigenvalue weighted by atomic mass is 9.85. The van der Waals surface area contributed by atoms with Gasteiger partial charge in [-0.3, -0.25) is 9.69 Å². The number of hydrogen-bond donors (Lipinski definition) is 2. The molecule has 2 aliphatic rings. The van der Waals surface area contributed by atoms with E-state index in [0.717, 1.165) is 25.8 Å². The van der Waals surface area contributed by atoms with Crippen LogP contribution in [-0.2, 0) is 9.53 Å². The Labute approximate surface area is 131 Å². The Morgan fingerprint density at radius 1 is 1.36 bits per heavy atom. The first-order valence-electron chi connectivity index (χ1n) is 8.15. The van der Waals surface area contributed by atoms with E-state index >= 15 is 0 Å². The first kappa shape index (κ1) is 17.0. The lowest BCUT2D eigenvalue weighted by molar-refractivity contribution is -0.139. The Balaban J connectivity index is 1.76. The van der Waals surface area contributed by atoms with E-state index < -0.39 is 5.97 Å². The van der Waals surface area contributed by atoms with Crippen LogP contribution in [0.2, 0.25) is 0 Å². The third-order valence-electron chi connectivity index (χ3n) is 4.66. The molecule has 126 valence electrons. The van der Waals surface area contributed by atoms with Crippen molar-refractivity contribution < 1.29 is 19.4 Å². The van der Waals surface area contributed by atoms with Crippen molar-refractivity contribution in [1.29, 1.82) is 0 Å². The molecule has 2 fully saturated rings. The summed E-state index contributed by atoms with van der Waals surface area (Å²) in [6, 6.07) is 0.558. The van der Waals surface area contributed by atoms with Crippen molar-refractivity contribution >= 4 is 12.0 Å². The van der Waals surface area contributed by atoms with E-state index in [0.29, 0.717) is 19.8 Å². The summed E-state index contributed by atoms with van der Waals surface area (Å²) in [6.45, 7) is 6.67. The van der Waals surface area contributed by atoms with E-state index in [1.165, 1.54) is 0 Å². The van der Waals surface area contributed by atoms with Crippen molar-refractivity contribution in [3.63, 3.8) is 0 Å². The molecule has 2 rings (SSSR count). The molecule has 7 heteroatoms. The Morgan fingerprint density at radius 3 is 2.68 bits per heavy atom. The highest BCUT2D eigenvalue weighted by Gasteiger charge is 2.36. The fourth-order valence-electron chi connectivity index (χ4n) is 3.19. The monoisotopic (exact) mass is 313 g/mol. The molecule has 1 aliphatic heterocycles. The van der Waals surface area contributed by atoms with E-state index in [1.54, 1.807) is 0 Å². The molecule has 1 aliphatic carbocycles. The summed E-state index contributed by atoms with van der Waals surface area (Å²) in [4.78, 5) is 27.0. The molecule has 1 unspecified atom stereocenters. The predicted molar refractivity (Wildman–Crippen MR) is 81.8 cm³/mol. The molecular weight excluding hydrogens is 286 g/mol. The zero-order valence-corrected chi connectivity index (χ0v) is 13.5. The second kappa shape index (κ2) is 7.78. The van der Waals surface area contributed by atoms with E-state index in [1.807, 2.05) is 16.7 Å². The van der Waals surface area contributed by atoms with Gasteiger partial charge in [-0.25, -0.2) is 4.79 Å². The van der Waals surface area contributed by atoms with Crippen LogP contribution in [0.3, 0.4) is 0 Å². The topological polar surface area (TPSA) is 82.1 Å². The summed E-state index contributed by atoms with van der Waals surface area (Å²) < 4.78 is 5.41. The fraction of sp³-hybridized carbons (Fsp3) is 0.867. The highest BCUT2D eigenvalue weighted by atomic mass is 16.5. The molecule has 0 aromatic heterocycles. The summed E-state index contributed by atoms with van der Waals surface area (Å²) in [6.07, 6.45) is 2.55. The molecule has 0 spiro atoms. The molecular formula is C15H27N3O4. The Hall–Kier alpha value is -1.34. The number of ether oxygens (including phenoxy) is 1. The lowest BCUT2D eigenvalue weighted by Crippen LogP contribution is -2.59. The molecule has 7 nitrogen and oxygen atoms in total. The normalized spacial score (nSPS) is 28.3. The van der Waals surface area contributed by atoms with Crippen LogP contribution >= 0.6 is 0 Å². The fourth-order valence-corrected chi connectivity index (χ4v) is 3.19. The van der Waals surface area contributed by atoms with Gasteiger partial charge in [-0.15, -0.1) is 0 Å². The standard InChI is InChI=1S/C15H27N3O4/c1-3-12-10-22-6-5-18(12)15(21)16-11-7-13(8-11)17(4-2)9-14(19)20/h11-13H,3-10H2,1-2H3,(H,16,21)(H,19,20). The molecule has 1 heterocycles. The van der Waals surface area contributed by atoms with Crippen LogP contribution < -0.4 is 5.32 Å². The number of carbonyl (C=O) groups is 2. The number of nitrogens with one attached hydrogen (secondary N) is 1. The zero-order valence-electron chi connectivity index (χ0n) is 13.5. The van der Waals surface area contributed by atoms with Gasteiger partial charge < -0.3 is 20.1 Å². The summed E-state index contributed by atoms with van der Waals surface area (Å²) >= 11 is 0. The van der Waals surface area contributed by atoms with E-state index in [4.69, 9.17) is 9.84 Å². The second-order valence-corrected chi connectivity index (χ2v) is 6.06. The summed E-state index contributed by atoms with van der Waals surface area (Å²) in [5, 5.41) is 12.0. The SMILES string of the molecule is CCC1COCCN1C(=O)NC1CC(N(CC)CC(=O)O)C1. The average molecular weight is 313 g/mol. The van der Waals surface area contributed by atoms with Crippen molar-refractivity contribution in [2.24, 2.45) is 0 Å². The first-order valence-corrected chi connectivity index (χ1v) is 8.15. The molecule has 2 N–H and O–H groups in total. The minimum Gasteiger partial charge on any atom is -0.480 e. The Kier molecular flexibility index (Phi) is 6.02. The van der Waals surface area contributed by atoms with Gasteiger partial charge in [0.2, 0.25) is 0 Å². The van der Waals surface area contributed by atoms with Gasteiger partial charge in [0.25, 0.3) is 0 Å². The zero-order chi connectivity index (χ0) is 16.1. The van der Waals surface area contributed by atoms with Gasteiger partial charge in [0, 0.05) is 18.6 Å². The third kappa shape index (κ3) is 4.10. The maximum Gasteiger partial charge on any atom is 0.318 e.